The van der Waals surface area contributed by atoms with Crippen LogP contribution in [0.3, 0.4) is 0 Å². The Hall–Kier alpha value is -2.34. The minimum Gasteiger partial charge on any atom is -0.423 e. The maximum atomic E-state index is 11.5. The number of hydrogen-bond donors (Lipinski definition) is 0. The maximum absolute atomic E-state index is 11.5. The van der Waals surface area contributed by atoms with Crippen molar-refractivity contribution in [3.63, 3.8) is 0 Å². The molecule has 1 amide bonds. The molecule has 0 N–H and O–H groups in total. The number of methoxy groups -OCH3 is 1. The van der Waals surface area contributed by atoms with Gasteiger partial charge < -0.3 is 18.8 Å². The summed E-state index contributed by atoms with van der Waals surface area (Å²) < 4.78 is 15.3. The Kier molecular flexibility index (Phi) is 4.05. The Balaban J connectivity index is 2.44. The average Bonchev–Trinajstić information content (AvgIpc) is 2.38. The minimum absolute atomic E-state index is 0.304. The predicted molar refractivity (Wildman–Crippen MR) is 72.9 cm³/mol. The Morgan fingerprint density at radius 2 is 2.05 bits per heavy atom. The molecule has 0 aliphatic rings. The molecule has 20 heavy (non-hydrogen) atoms. The van der Waals surface area contributed by atoms with E-state index in [4.69, 9.17) is 13.9 Å². The molecule has 2 rings (SSSR count). The molecule has 1 aromatic carbocycles. The quantitative estimate of drug-likeness (QED) is 0.803. The van der Waals surface area contributed by atoms with Gasteiger partial charge in [-0.1, -0.05) is 0 Å². The van der Waals surface area contributed by atoms with Gasteiger partial charge in [-0.3, -0.25) is 0 Å². The van der Waals surface area contributed by atoms with Crippen molar-refractivity contribution in [3.05, 3.63) is 40.2 Å². The smallest absolute Gasteiger partial charge is 0.414 e. The van der Waals surface area contributed by atoms with Gasteiger partial charge in [-0.05, 0) is 17.7 Å². The highest BCUT2D eigenvalue weighted by Crippen LogP contribution is 2.23. The van der Waals surface area contributed by atoms with Gasteiger partial charge in [0.25, 0.3) is 0 Å². The standard InChI is InChI=1S/C14H15NO5/c1-15(2)14(17)19-10-4-5-11-9(8-18-3)6-13(16)20-12(11)7-10/h4-7H,8H2,1-3H3. The summed E-state index contributed by atoms with van der Waals surface area (Å²) in [6.07, 6.45) is -0.500. The number of ether oxygens (including phenoxy) is 2. The average molecular weight is 277 g/mol. The Morgan fingerprint density at radius 1 is 1.30 bits per heavy atom. The van der Waals surface area contributed by atoms with E-state index in [1.54, 1.807) is 33.3 Å². The molecule has 1 aromatic heterocycles. The van der Waals surface area contributed by atoms with Gasteiger partial charge in [0.1, 0.15) is 11.3 Å². The van der Waals surface area contributed by atoms with Crippen LogP contribution in [0.15, 0.2) is 33.5 Å². The molecule has 2 aromatic rings. The molecule has 106 valence electrons. The number of amides is 1. The first-order valence-electron chi connectivity index (χ1n) is 5.96. The molecule has 0 atom stereocenters. The molecule has 0 unspecified atom stereocenters. The van der Waals surface area contributed by atoms with Crippen LogP contribution >= 0.6 is 0 Å². The second-order valence-corrected chi connectivity index (χ2v) is 4.44. The summed E-state index contributed by atoms with van der Waals surface area (Å²) in [5, 5.41) is 0.746. The van der Waals surface area contributed by atoms with Gasteiger partial charge in [-0.2, -0.15) is 0 Å². The topological polar surface area (TPSA) is 69.0 Å². The number of carbonyl (C=O) groups is 1. The second kappa shape index (κ2) is 5.75. The van der Waals surface area contributed by atoms with Crippen LogP contribution in [0.1, 0.15) is 5.56 Å². The van der Waals surface area contributed by atoms with Gasteiger partial charge in [-0.25, -0.2) is 9.59 Å². The molecule has 6 heteroatoms. The van der Waals surface area contributed by atoms with Crippen molar-refractivity contribution < 1.29 is 18.7 Å². The molecule has 0 spiro atoms. The Bertz CT molecular complexity index is 690. The van der Waals surface area contributed by atoms with E-state index >= 15 is 0 Å². The van der Waals surface area contributed by atoms with E-state index < -0.39 is 11.7 Å². The van der Waals surface area contributed by atoms with E-state index in [1.807, 2.05) is 0 Å². The summed E-state index contributed by atoms with van der Waals surface area (Å²) in [6, 6.07) is 6.27. The predicted octanol–water partition coefficient (Wildman–Crippen LogP) is 2.00. The first kappa shape index (κ1) is 14.1. The van der Waals surface area contributed by atoms with Crippen LogP contribution < -0.4 is 10.4 Å². The SMILES string of the molecule is COCc1cc(=O)oc2cc(OC(=O)N(C)C)ccc12. The van der Waals surface area contributed by atoms with E-state index in [2.05, 4.69) is 0 Å². The number of benzene rings is 1. The molecule has 0 fully saturated rings. The molecular weight excluding hydrogens is 262 g/mol. The summed E-state index contributed by atoms with van der Waals surface area (Å²) in [5.41, 5.74) is 0.610. The van der Waals surface area contributed by atoms with E-state index in [0.717, 1.165) is 10.9 Å². The third-order valence-electron chi connectivity index (χ3n) is 2.67. The van der Waals surface area contributed by atoms with E-state index in [9.17, 15) is 9.59 Å². The largest absolute Gasteiger partial charge is 0.423 e. The molecule has 0 aliphatic heterocycles. The second-order valence-electron chi connectivity index (χ2n) is 4.44. The summed E-state index contributed by atoms with van der Waals surface area (Å²) in [6.45, 7) is 0.304. The molecule has 0 aliphatic carbocycles. The van der Waals surface area contributed by atoms with Gasteiger partial charge in [0.2, 0.25) is 0 Å². The monoisotopic (exact) mass is 277 g/mol. The molecule has 0 radical (unpaired) electrons. The van der Waals surface area contributed by atoms with Crippen LogP contribution in [0.25, 0.3) is 11.0 Å². The van der Waals surface area contributed by atoms with Crippen molar-refractivity contribution in [1.82, 2.24) is 4.90 Å². The minimum atomic E-state index is -0.500. The summed E-state index contributed by atoms with van der Waals surface area (Å²) >= 11 is 0. The summed E-state index contributed by atoms with van der Waals surface area (Å²) in [7, 11) is 4.72. The molecular formula is C14H15NO5. The van der Waals surface area contributed by atoms with Crippen LogP contribution in [0.5, 0.6) is 5.75 Å². The van der Waals surface area contributed by atoms with E-state index in [-0.39, 0.29) is 0 Å². The molecule has 0 saturated carbocycles. The van der Waals surface area contributed by atoms with Gasteiger partial charge in [0, 0.05) is 38.7 Å². The van der Waals surface area contributed by atoms with Gasteiger partial charge in [0.05, 0.1) is 6.61 Å². The zero-order valence-electron chi connectivity index (χ0n) is 11.5. The fourth-order valence-electron chi connectivity index (χ4n) is 1.74. The lowest BCUT2D eigenvalue weighted by molar-refractivity contribution is 0.172. The van der Waals surface area contributed by atoms with Crippen LogP contribution in [0, 0.1) is 0 Å². The molecule has 0 saturated heterocycles. The van der Waals surface area contributed by atoms with Crippen molar-refractivity contribution in [1.29, 1.82) is 0 Å². The highest BCUT2D eigenvalue weighted by Gasteiger charge is 2.10. The first-order valence-corrected chi connectivity index (χ1v) is 5.96. The van der Waals surface area contributed by atoms with Gasteiger partial charge in [-0.15, -0.1) is 0 Å². The third kappa shape index (κ3) is 2.97. The van der Waals surface area contributed by atoms with Crippen molar-refractivity contribution in [2.75, 3.05) is 21.2 Å². The summed E-state index contributed by atoms with van der Waals surface area (Å²) in [5.74, 6) is 0.314. The molecule has 1 heterocycles. The fourth-order valence-corrected chi connectivity index (χ4v) is 1.74. The van der Waals surface area contributed by atoms with Crippen LogP contribution in [-0.4, -0.2) is 32.2 Å². The highest BCUT2D eigenvalue weighted by atomic mass is 16.6. The number of hydrogen-bond acceptors (Lipinski definition) is 5. The Labute approximate surface area is 115 Å². The number of fused-ring (bicyclic) bond motifs is 1. The van der Waals surface area contributed by atoms with Crippen LogP contribution in [0.2, 0.25) is 0 Å². The lowest BCUT2D eigenvalue weighted by Gasteiger charge is -2.11. The van der Waals surface area contributed by atoms with Crippen molar-refractivity contribution in [2.45, 2.75) is 6.61 Å². The van der Waals surface area contributed by atoms with Gasteiger partial charge in [0.15, 0.2) is 0 Å². The van der Waals surface area contributed by atoms with Crippen LogP contribution in [-0.2, 0) is 11.3 Å². The highest BCUT2D eigenvalue weighted by molar-refractivity contribution is 5.82. The van der Waals surface area contributed by atoms with E-state index in [0.29, 0.717) is 17.9 Å². The normalized spacial score (nSPS) is 10.6. The number of rotatable bonds is 3. The van der Waals surface area contributed by atoms with Crippen molar-refractivity contribution in [3.8, 4) is 5.75 Å². The third-order valence-corrected chi connectivity index (χ3v) is 2.67. The van der Waals surface area contributed by atoms with Gasteiger partial charge >= 0.3 is 11.7 Å². The zero-order chi connectivity index (χ0) is 14.7. The van der Waals surface area contributed by atoms with E-state index in [1.165, 1.54) is 17.0 Å². The Morgan fingerprint density at radius 3 is 2.70 bits per heavy atom. The fraction of sp³-hybridized carbons (Fsp3) is 0.286. The molecule has 6 nitrogen and oxygen atoms in total. The number of nitrogens with zero attached hydrogens (tertiary/aromatic N) is 1. The summed E-state index contributed by atoms with van der Waals surface area (Å²) in [4.78, 5) is 24.3. The zero-order valence-corrected chi connectivity index (χ0v) is 11.5. The first-order chi connectivity index (χ1) is 9.51. The van der Waals surface area contributed by atoms with Crippen molar-refractivity contribution in [2.24, 2.45) is 0 Å². The lowest BCUT2D eigenvalue weighted by Crippen LogP contribution is -2.25. The van der Waals surface area contributed by atoms with Crippen LogP contribution in [0.4, 0.5) is 4.79 Å². The maximum Gasteiger partial charge on any atom is 0.414 e. The lowest BCUT2D eigenvalue weighted by atomic mass is 10.1. The van der Waals surface area contributed by atoms with Crippen molar-refractivity contribution >= 4 is 17.1 Å². The number of carbonyl (C=O) groups excluding carboxylic acids is 1. The molecule has 0 bridgehead atoms.